The molecule has 6 heteroatoms. The quantitative estimate of drug-likeness (QED) is 0.702. The van der Waals surface area contributed by atoms with Crippen molar-refractivity contribution in [3.05, 3.63) is 88.0 Å². The van der Waals surface area contributed by atoms with Crippen LogP contribution in [-0.2, 0) is 6.54 Å². The van der Waals surface area contributed by atoms with Crippen LogP contribution in [0, 0.1) is 13.8 Å². The average Bonchev–Trinajstić information content (AvgIpc) is 3.18. The summed E-state index contributed by atoms with van der Waals surface area (Å²) >= 11 is 0. The van der Waals surface area contributed by atoms with Gasteiger partial charge in [0, 0.05) is 50.2 Å². The van der Waals surface area contributed by atoms with Gasteiger partial charge in [0.25, 0.3) is 5.56 Å². The average molecular weight is 419 g/mol. The molecule has 1 aromatic carbocycles. The highest BCUT2D eigenvalue weighted by molar-refractivity contribution is 5.58. The molecule has 0 unspecified atom stereocenters. The smallest absolute Gasteiger partial charge is 0.252 e. The van der Waals surface area contributed by atoms with E-state index >= 15 is 0 Å². The number of rotatable bonds is 4. The summed E-state index contributed by atoms with van der Waals surface area (Å²) in [6, 6.07) is 18.0. The number of aromatic amines is 1. The Morgan fingerprint density at radius 2 is 1.68 bits per heavy atom. The van der Waals surface area contributed by atoms with Crippen molar-refractivity contribution in [2.75, 3.05) is 38.2 Å². The van der Waals surface area contributed by atoms with Gasteiger partial charge < -0.3 is 19.0 Å². The Hall–Kier alpha value is -3.25. The maximum Gasteiger partial charge on any atom is 0.252 e. The van der Waals surface area contributed by atoms with Crippen molar-refractivity contribution in [3.63, 3.8) is 0 Å². The van der Waals surface area contributed by atoms with Crippen LogP contribution < -0.4 is 15.2 Å². The lowest BCUT2D eigenvalue weighted by atomic mass is 10.2. The normalized spacial score (nSPS) is 14.5. The molecule has 162 valence electrons. The van der Waals surface area contributed by atoms with Gasteiger partial charge in [0.2, 0.25) is 0 Å². The first-order valence-electron chi connectivity index (χ1n) is 10.7. The van der Waals surface area contributed by atoms with E-state index in [9.17, 15) is 4.79 Å². The monoisotopic (exact) mass is 418 g/mol. The van der Waals surface area contributed by atoms with Gasteiger partial charge in [-0.2, -0.15) is 0 Å². The molecule has 0 bridgehead atoms. The van der Waals surface area contributed by atoms with Gasteiger partial charge >= 0.3 is 0 Å². The Morgan fingerprint density at radius 1 is 0.968 bits per heavy atom. The van der Waals surface area contributed by atoms with Crippen molar-refractivity contribution < 1.29 is 4.74 Å². The summed E-state index contributed by atoms with van der Waals surface area (Å²) in [5.41, 5.74) is 4.83. The molecule has 4 rings (SSSR count). The maximum absolute atomic E-state index is 12.5. The Bertz CT molecular complexity index is 1170. The van der Waals surface area contributed by atoms with Gasteiger partial charge in [-0.05, 0) is 43.7 Å². The molecular weight excluding hydrogens is 388 g/mol. The van der Waals surface area contributed by atoms with Gasteiger partial charge in [0.05, 0.1) is 12.8 Å². The molecule has 0 aliphatic carbocycles. The summed E-state index contributed by atoms with van der Waals surface area (Å²) in [5.74, 6) is 0.923. The second-order valence-corrected chi connectivity index (χ2v) is 8.04. The van der Waals surface area contributed by atoms with E-state index in [1.165, 1.54) is 5.56 Å². The summed E-state index contributed by atoms with van der Waals surface area (Å²) in [6.07, 6.45) is 2.13. The molecule has 2 aromatic heterocycles. The van der Waals surface area contributed by atoms with E-state index in [1.807, 2.05) is 44.2 Å². The molecule has 0 spiro atoms. The van der Waals surface area contributed by atoms with Crippen molar-refractivity contribution in [1.29, 1.82) is 0 Å². The van der Waals surface area contributed by atoms with Crippen molar-refractivity contribution in [3.8, 4) is 5.75 Å². The molecule has 1 fully saturated rings. The minimum absolute atomic E-state index is 0.0735. The summed E-state index contributed by atoms with van der Waals surface area (Å²) in [6.45, 7) is 8.60. The second-order valence-electron chi connectivity index (χ2n) is 8.04. The number of hydrogen-bond acceptors (Lipinski definition) is 4. The van der Waals surface area contributed by atoms with Crippen molar-refractivity contribution in [2.24, 2.45) is 0 Å². The number of methoxy groups -OCH3 is 1. The number of nitrogens with zero attached hydrogens (tertiary/aromatic N) is 3. The first kappa shape index (κ1) is 21.0. The lowest BCUT2D eigenvalue weighted by Gasteiger charge is -2.36. The second kappa shape index (κ2) is 9.27. The van der Waals surface area contributed by atoms with E-state index in [0.717, 1.165) is 55.5 Å². The SMILES string of the molecule is COc1ccccc1N1CCN(Cc2cc3[nH]c(=O)c(C)ccccc(C)n3c2)CC1. The van der Waals surface area contributed by atoms with Crippen LogP contribution >= 0.6 is 0 Å². The van der Waals surface area contributed by atoms with Gasteiger partial charge in [0.15, 0.2) is 0 Å². The van der Waals surface area contributed by atoms with Gasteiger partial charge in [0.1, 0.15) is 11.4 Å². The fraction of sp³-hybridized carbons (Fsp3) is 0.320. The minimum atomic E-state index is -0.0735. The first-order valence-corrected chi connectivity index (χ1v) is 10.7. The number of para-hydroxylation sites is 2. The van der Waals surface area contributed by atoms with E-state index in [2.05, 4.69) is 49.6 Å². The number of aromatic nitrogens is 2. The molecule has 0 saturated carbocycles. The predicted molar refractivity (Wildman–Crippen MR) is 126 cm³/mol. The fourth-order valence-corrected chi connectivity index (χ4v) is 4.05. The van der Waals surface area contributed by atoms with Gasteiger partial charge in [-0.3, -0.25) is 9.69 Å². The standard InChI is InChI=1S/C25H30N4O2/c1-19-8-4-5-9-20(2)29-18-21(16-24(29)26-25(19)30)17-27-12-14-28(15-13-27)22-10-6-7-11-23(22)31-3/h4-11,16,18H,12-15,17H2,1-3H3,(H,26,30). The maximum atomic E-state index is 12.5. The van der Waals surface area contributed by atoms with E-state index in [4.69, 9.17) is 4.74 Å². The summed E-state index contributed by atoms with van der Waals surface area (Å²) in [4.78, 5) is 20.3. The molecule has 0 radical (unpaired) electrons. The molecular formula is C25H30N4O2. The summed E-state index contributed by atoms with van der Waals surface area (Å²) < 4.78 is 7.58. The topological polar surface area (TPSA) is 53.0 Å². The van der Waals surface area contributed by atoms with Crippen molar-refractivity contribution in [1.82, 2.24) is 14.3 Å². The van der Waals surface area contributed by atoms with Crippen LogP contribution in [0.2, 0.25) is 0 Å². The highest BCUT2D eigenvalue weighted by atomic mass is 16.5. The zero-order valence-corrected chi connectivity index (χ0v) is 18.5. The van der Waals surface area contributed by atoms with E-state index < -0.39 is 0 Å². The molecule has 6 nitrogen and oxygen atoms in total. The molecule has 1 N–H and O–H groups in total. The number of hydrogen-bond donors (Lipinski definition) is 1. The third kappa shape index (κ3) is 4.75. The van der Waals surface area contributed by atoms with Gasteiger partial charge in [-0.15, -0.1) is 0 Å². The lowest BCUT2D eigenvalue weighted by molar-refractivity contribution is 0.249. The highest BCUT2D eigenvalue weighted by Crippen LogP contribution is 2.28. The highest BCUT2D eigenvalue weighted by Gasteiger charge is 2.20. The molecule has 1 saturated heterocycles. The molecule has 1 aliphatic rings. The number of benzene rings is 1. The van der Waals surface area contributed by atoms with Crippen LogP contribution in [0.4, 0.5) is 5.69 Å². The third-order valence-electron chi connectivity index (χ3n) is 5.86. The lowest BCUT2D eigenvalue weighted by Crippen LogP contribution is -2.46. The van der Waals surface area contributed by atoms with Crippen molar-refractivity contribution in [2.45, 2.75) is 20.4 Å². The zero-order valence-electron chi connectivity index (χ0n) is 18.5. The Kier molecular flexibility index (Phi) is 6.28. The summed E-state index contributed by atoms with van der Waals surface area (Å²) in [7, 11) is 1.72. The number of H-pyrrole nitrogens is 1. The molecule has 0 atom stereocenters. The van der Waals surface area contributed by atoms with Crippen LogP contribution in [0.1, 0.15) is 16.8 Å². The van der Waals surface area contributed by atoms with Crippen LogP contribution in [0.15, 0.2) is 65.6 Å². The number of nitrogens with one attached hydrogen (secondary N) is 1. The number of fused-ring (bicyclic) bond motifs is 1. The Labute approximate surface area is 183 Å². The first-order chi connectivity index (χ1) is 15.0. The van der Waals surface area contributed by atoms with Gasteiger partial charge in [-0.25, -0.2) is 0 Å². The van der Waals surface area contributed by atoms with E-state index in [0.29, 0.717) is 5.56 Å². The molecule has 1 aliphatic heterocycles. The molecule has 3 heterocycles. The number of ether oxygens (including phenoxy) is 1. The van der Waals surface area contributed by atoms with E-state index in [-0.39, 0.29) is 5.56 Å². The molecule has 0 amide bonds. The minimum Gasteiger partial charge on any atom is -0.495 e. The molecule has 31 heavy (non-hydrogen) atoms. The van der Waals surface area contributed by atoms with Crippen LogP contribution in [0.3, 0.4) is 0 Å². The van der Waals surface area contributed by atoms with Crippen LogP contribution in [0.5, 0.6) is 5.75 Å². The van der Waals surface area contributed by atoms with Crippen LogP contribution in [0.25, 0.3) is 5.65 Å². The fourth-order valence-electron chi connectivity index (χ4n) is 4.05. The third-order valence-corrected chi connectivity index (χ3v) is 5.86. The number of anilines is 1. The zero-order chi connectivity index (χ0) is 21.8. The predicted octanol–water partition coefficient (Wildman–Crippen LogP) is 3.70. The Balaban J connectivity index is 1.54. The largest absolute Gasteiger partial charge is 0.495 e. The van der Waals surface area contributed by atoms with Crippen LogP contribution in [-0.4, -0.2) is 47.6 Å². The Morgan fingerprint density at radius 3 is 2.45 bits per heavy atom. The summed E-state index contributed by atoms with van der Waals surface area (Å²) in [5, 5.41) is 0. The van der Waals surface area contributed by atoms with Crippen molar-refractivity contribution >= 4 is 11.3 Å². The number of piperazine rings is 1. The van der Waals surface area contributed by atoms with E-state index in [1.54, 1.807) is 7.11 Å². The van der Waals surface area contributed by atoms with Gasteiger partial charge in [-0.1, -0.05) is 30.3 Å². The number of aryl methyl sites for hydroxylation is 2. The molecule has 3 aromatic rings.